The first-order valence-electron chi connectivity index (χ1n) is 7.30. The summed E-state index contributed by atoms with van der Waals surface area (Å²) in [6.07, 6.45) is 4.04. The Morgan fingerprint density at radius 2 is 2.09 bits per heavy atom. The van der Waals surface area contributed by atoms with Crippen LogP contribution < -0.4 is 9.62 Å². The lowest BCUT2D eigenvalue weighted by Gasteiger charge is -2.24. The fraction of sp³-hybridized carbons (Fsp3) is 0.533. The van der Waals surface area contributed by atoms with E-state index in [0.29, 0.717) is 29.6 Å². The van der Waals surface area contributed by atoms with Crippen LogP contribution in [-0.2, 0) is 14.8 Å². The van der Waals surface area contributed by atoms with Crippen molar-refractivity contribution in [1.82, 2.24) is 5.32 Å². The summed E-state index contributed by atoms with van der Waals surface area (Å²) in [6, 6.07) is 5.48. The van der Waals surface area contributed by atoms with Gasteiger partial charge >= 0.3 is 0 Å². The minimum Gasteiger partial charge on any atom is -0.353 e. The van der Waals surface area contributed by atoms with Gasteiger partial charge in [-0.2, -0.15) is 0 Å². The number of benzene rings is 1. The summed E-state index contributed by atoms with van der Waals surface area (Å²) in [5.41, 5.74) is 1.40. The topological polar surface area (TPSA) is 66.5 Å². The molecule has 0 heterocycles. The highest BCUT2D eigenvalue weighted by atomic mass is 35.5. The predicted octanol–water partition coefficient (Wildman–Crippen LogP) is 2.47. The summed E-state index contributed by atoms with van der Waals surface area (Å²) in [5.74, 6) is -0.0150. The van der Waals surface area contributed by atoms with Gasteiger partial charge in [0.1, 0.15) is 0 Å². The molecule has 0 unspecified atom stereocenters. The molecule has 0 aromatic heterocycles. The smallest absolute Gasteiger partial charge is 0.232 e. The molecule has 22 heavy (non-hydrogen) atoms. The monoisotopic (exact) mass is 344 g/mol. The molecule has 1 saturated carbocycles. The predicted molar refractivity (Wildman–Crippen MR) is 88.8 cm³/mol. The normalized spacial score (nSPS) is 14.7. The molecule has 1 aromatic carbocycles. The molecule has 0 atom stereocenters. The van der Waals surface area contributed by atoms with Gasteiger partial charge < -0.3 is 5.32 Å². The van der Waals surface area contributed by atoms with Crippen LogP contribution in [0.15, 0.2) is 18.2 Å². The minimum atomic E-state index is -3.42. The van der Waals surface area contributed by atoms with Crippen LogP contribution >= 0.6 is 11.6 Å². The second-order valence-electron chi connectivity index (χ2n) is 5.71. The van der Waals surface area contributed by atoms with Crippen LogP contribution in [0.25, 0.3) is 0 Å². The van der Waals surface area contributed by atoms with Crippen molar-refractivity contribution in [3.8, 4) is 0 Å². The first-order chi connectivity index (χ1) is 10.3. The van der Waals surface area contributed by atoms with Gasteiger partial charge in [0.2, 0.25) is 15.9 Å². The molecule has 0 radical (unpaired) electrons. The van der Waals surface area contributed by atoms with Gasteiger partial charge in [-0.25, -0.2) is 8.42 Å². The highest BCUT2D eigenvalue weighted by Crippen LogP contribution is 2.26. The second-order valence-corrected chi connectivity index (χ2v) is 8.05. The van der Waals surface area contributed by atoms with Crippen molar-refractivity contribution in [2.45, 2.75) is 38.6 Å². The third-order valence-electron chi connectivity index (χ3n) is 3.55. The van der Waals surface area contributed by atoms with E-state index in [2.05, 4.69) is 5.32 Å². The van der Waals surface area contributed by atoms with Crippen molar-refractivity contribution in [1.29, 1.82) is 0 Å². The summed E-state index contributed by atoms with van der Waals surface area (Å²) in [5, 5.41) is 3.39. The van der Waals surface area contributed by atoms with Crippen LogP contribution in [0, 0.1) is 6.92 Å². The van der Waals surface area contributed by atoms with Crippen molar-refractivity contribution in [3.05, 3.63) is 28.8 Å². The van der Waals surface area contributed by atoms with E-state index in [1.165, 1.54) is 4.31 Å². The number of sulfonamides is 1. The summed E-state index contributed by atoms with van der Waals surface area (Å²) >= 11 is 5.97. The first-order valence-corrected chi connectivity index (χ1v) is 9.53. The van der Waals surface area contributed by atoms with Gasteiger partial charge in [-0.05, 0) is 43.9 Å². The number of hydrogen-bond donors (Lipinski definition) is 1. The van der Waals surface area contributed by atoms with E-state index in [9.17, 15) is 13.2 Å². The fourth-order valence-electron chi connectivity index (χ4n) is 2.23. The first kappa shape index (κ1) is 17.1. The Morgan fingerprint density at radius 1 is 1.41 bits per heavy atom. The molecule has 0 spiro atoms. The number of aryl methyl sites for hydroxylation is 1. The Hall–Kier alpha value is -1.27. The van der Waals surface area contributed by atoms with Crippen LogP contribution in [0.2, 0.25) is 5.02 Å². The van der Waals surface area contributed by atoms with Crippen molar-refractivity contribution < 1.29 is 13.2 Å². The SMILES string of the molecule is Cc1ccc(Cl)cc1N(CCCC(=O)NC1CC1)S(C)(=O)=O. The lowest BCUT2D eigenvalue weighted by molar-refractivity contribution is -0.121. The van der Waals surface area contributed by atoms with Gasteiger partial charge in [0.15, 0.2) is 0 Å². The van der Waals surface area contributed by atoms with Gasteiger partial charge in [0.05, 0.1) is 11.9 Å². The van der Waals surface area contributed by atoms with Crippen molar-refractivity contribution in [3.63, 3.8) is 0 Å². The molecule has 5 nitrogen and oxygen atoms in total. The number of amides is 1. The van der Waals surface area contributed by atoms with E-state index in [0.717, 1.165) is 24.7 Å². The molecular formula is C15H21ClN2O3S. The van der Waals surface area contributed by atoms with Crippen molar-refractivity contribution >= 4 is 33.2 Å². The Kier molecular flexibility index (Phi) is 5.34. The third-order valence-corrected chi connectivity index (χ3v) is 4.96. The molecule has 1 aliphatic carbocycles. The van der Waals surface area contributed by atoms with Crippen LogP contribution in [0.3, 0.4) is 0 Å². The highest BCUT2D eigenvalue weighted by Gasteiger charge is 2.24. The number of carbonyl (C=O) groups excluding carboxylic acids is 1. The number of nitrogens with one attached hydrogen (secondary N) is 1. The number of rotatable bonds is 7. The summed E-state index contributed by atoms with van der Waals surface area (Å²) in [7, 11) is -3.42. The Labute approximate surface area is 136 Å². The highest BCUT2D eigenvalue weighted by molar-refractivity contribution is 7.92. The van der Waals surface area contributed by atoms with Gasteiger partial charge in [0.25, 0.3) is 0 Å². The molecule has 1 fully saturated rings. The van der Waals surface area contributed by atoms with Gasteiger partial charge in [-0.1, -0.05) is 17.7 Å². The average molecular weight is 345 g/mol. The maximum absolute atomic E-state index is 12.0. The van der Waals surface area contributed by atoms with Crippen molar-refractivity contribution in [2.75, 3.05) is 17.1 Å². The lowest BCUT2D eigenvalue weighted by atomic mass is 10.2. The molecule has 1 aromatic rings. The zero-order valence-electron chi connectivity index (χ0n) is 12.8. The number of nitrogens with zero attached hydrogens (tertiary/aromatic N) is 1. The number of anilines is 1. The number of carbonyl (C=O) groups is 1. The summed E-state index contributed by atoms with van der Waals surface area (Å²) in [4.78, 5) is 11.7. The van der Waals surface area contributed by atoms with E-state index >= 15 is 0 Å². The zero-order valence-corrected chi connectivity index (χ0v) is 14.4. The molecule has 0 aliphatic heterocycles. The Balaban J connectivity index is 2.03. The maximum atomic E-state index is 12.0. The van der Waals surface area contributed by atoms with Crippen LogP contribution in [-0.4, -0.2) is 33.2 Å². The van der Waals surface area contributed by atoms with Crippen molar-refractivity contribution in [2.24, 2.45) is 0 Å². The molecule has 0 bridgehead atoms. The lowest BCUT2D eigenvalue weighted by Crippen LogP contribution is -2.33. The van der Waals surface area contributed by atoms with E-state index in [4.69, 9.17) is 11.6 Å². The standard InChI is InChI=1S/C15H21ClN2O3S/c1-11-5-6-12(16)10-14(11)18(22(2,20)21)9-3-4-15(19)17-13-7-8-13/h5-6,10,13H,3-4,7-9H2,1-2H3,(H,17,19). The van der Waals surface area contributed by atoms with E-state index in [1.807, 2.05) is 6.92 Å². The molecule has 0 saturated heterocycles. The second kappa shape index (κ2) is 6.87. The molecule has 122 valence electrons. The van der Waals surface area contributed by atoms with Gasteiger partial charge in [-0.3, -0.25) is 9.10 Å². The molecular weight excluding hydrogens is 324 g/mol. The Bertz CT molecular complexity index is 657. The Morgan fingerprint density at radius 3 is 2.68 bits per heavy atom. The molecule has 7 heteroatoms. The molecule has 2 rings (SSSR count). The summed E-state index contributed by atoms with van der Waals surface area (Å²) < 4.78 is 25.4. The minimum absolute atomic E-state index is 0.0150. The number of halogens is 1. The quantitative estimate of drug-likeness (QED) is 0.826. The van der Waals surface area contributed by atoms with E-state index < -0.39 is 10.0 Å². The molecule has 1 amide bonds. The molecule has 1 aliphatic rings. The van der Waals surface area contributed by atoms with E-state index in [-0.39, 0.29) is 12.5 Å². The largest absolute Gasteiger partial charge is 0.353 e. The fourth-order valence-corrected chi connectivity index (χ4v) is 3.41. The van der Waals surface area contributed by atoms with E-state index in [1.54, 1.807) is 18.2 Å². The zero-order chi connectivity index (χ0) is 16.3. The average Bonchev–Trinajstić information content (AvgIpc) is 3.20. The number of hydrogen-bond acceptors (Lipinski definition) is 3. The van der Waals surface area contributed by atoms with Crippen LogP contribution in [0.4, 0.5) is 5.69 Å². The van der Waals surface area contributed by atoms with Crippen LogP contribution in [0.1, 0.15) is 31.2 Å². The van der Waals surface area contributed by atoms with Gasteiger partial charge in [0, 0.05) is 24.0 Å². The third kappa shape index (κ3) is 4.88. The van der Waals surface area contributed by atoms with Crippen LogP contribution in [0.5, 0.6) is 0 Å². The van der Waals surface area contributed by atoms with Gasteiger partial charge in [-0.15, -0.1) is 0 Å². The molecule has 1 N–H and O–H groups in total. The summed E-state index contributed by atoms with van der Waals surface area (Å²) in [6.45, 7) is 2.10. The maximum Gasteiger partial charge on any atom is 0.232 e.